The Morgan fingerprint density at radius 3 is 2.13 bits per heavy atom. The van der Waals surface area contributed by atoms with E-state index in [1.165, 1.54) is 0 Å². The van der Waals surface area contributed by atoms with Crippen LogP contribution in [0.5, 0.6) is 0 Å². The van der Waals surface area contributed by atoms with Gasteiger partial charge in [-0.05, 0) is 41.5 Å². The van der Waals surface area contributed by atoms with Crippen LogP contribution in [0.1, 0.15) is 28.2 Å². The van der Waals surface area contributed by atoms with Crippen molar-refractivity contribution >= 4 is 24.0 Å². The first kappa shape index (κ1) is 24.8. The molecule has 0 radical (unpaired) electrons. The van der Waals surface area contributed by atoms with Crippen molar-refractivity contribution in [3.05, 3.63) is 69.7 Å². The summed E-state index contributed by atoms with van der Waals surface area (Å²) in [4.78, 5) is 0. The molecule has 166 valence electrons. The van der Waals surface area contributed by atoms with Gasteiger partial charge >= 0.3 is 12.4 Å². The largest absolute Gasteiger partial charge is 0.416 e. The van der Waals surface area contributed by atoms with E-state index < -0.39 is 23.5 Å². The summed E-state index contributed by atoms with van der Waals surface area (Å²) < 4.78 is 83.2. The zero-order valence-electron chi connectivity index (χ0n) is 15.5. The second kappa shape index (κ2) is 9.77. The van der Waals surface area contributed by atoms with Crippen LogP contribution in [0.25, 0.3) is 0 Å². The number of benzene rings is 2. The number of hydrogen-bond acceptors (Lipinski definition) is 2. The summed E-state index contributed by atoms with van der Waals surface area (Å²) in [5, 5.41) is 3.82. The van der Waals surface area contributed by atoms with Crippen molar-refractivity contribution in [2.45, 2.75) is 24.9 Å². The lowest BCUT2D eigenvalue weighted by molar-refractivity contribution is -0.143. The third-order valence-corrected chi connectivity index (χ3v) is 5.10. The van der Waals surface area contributed by atoms with Crippen molar-refractivity contribution in [2.24, 2.45) is 5.92 Å². The highest BCUT2D eigenvalue weighted by Gasteiger charge is 2.37. The molecular formula is C20H19Cl2F6NO. The summed E-state index contributed by atoms with van der Waals surface area (Å²) in [6.45, 7) is 1.18. The minimum atomic E-state index is -4.87. The molecule has 1 N–H and O–H groups in total. The van der Waals surface area contributed by atoms with E-state index in [1.807, 2.05) is 18.2 Å². The summed E-state index contributed by atoms with van der Waals surface area (Å²) in [7, 11) is 0. The molecule has 0 bridgehead atoms. The fraction of sp³-hybridized carbons (Fsp3) is 0.400. The van der Waals surface area contributed by atoms with Crippen LogP contribution in [0.2, 0.25) is 5.02 Å². The third-order valence-electron chi connectivity index (χ3n) is 4.86. The van der Waals surface area contributed by atoms with Gasteiger partial charge in [0, 0.05) is 29.9 Å². The Morgan fingerprint density at radius 1 is 0.933 bits per heavy atom. The molecule has 0 aromatic heterocycles. The molecule has 2 aromatic rings. The van der Waals surface area contributed by atoms with Crippen LogP contribution in [-0.4, -0.2) is 19.7 Å². The third kappa shape index (κ3) is 6.26. The summed E-state index contributed by atoms with van der Waals surface area (Å²) >= 11 is 6.02. The van der Waals surface area contributed by atoms with Crippen molar-refractivity contribution < 1.29 is 31.1 Å². The molecule has 2 unspecified atom stereocenters. The molecule has 1 aliphatic heterocycles. The van der Waals surface area contributed by atoms with Gasteiger partial charge in [0.05, 0.1) is 24.3 Å². The highest BCUT2D eigenvalue weighted by molar-refractivity contribution is 6.30. The molecule has 0 spiro atoms. The Labute approximate surface area is 181 Å². The minimum Gasteiger partial charge on any atom is -0.376 e. The predicted octanol–water partition coefficient (Wildman–Crippen LogP) is 6.32. The topological polar surface area (TPSA) is 21.3 Å². The number of ether oxygens (including phenoxy) is 1. The lowest BCUT2D eigenvalue weighted by Gasteiger charge is -2.20. The van der Waals surface area contributed by atoms with E-state index in [0.717, 1.165) is 5.56 Å². The Hall–Kier alpha value is -1.48. The van der Waals surface area contributed by atoms with Crippen LogP contribution in [-0.2, 0) is 23.7 Å². The quantitative estimate of drug-likeness (QED) is 0.513. The van der Waals surface area contributed by atoms with E-state index >= 15 is 0 Å². The van der Waals surface area contributed by atoms with Gasteiger partial charge in [-0.3, -0.25) is 0 Å². The second-order valence-electron chi connectivity index (χ2n) is 7.01. The molecule has 0 amide bonds. The van der Waals surface area contributed by atoms with Gasteiger partial charge in [0.25, 0.3) is 0 Å². The Kier molecular flexibility index (Phi) is 8.07. The van der Waals surface area contributed by atoms with Crippen LogP contribution in [0.15, 0.2) is 42.5 Å². The van der Waals surface area contributed by atoms with Gasteiger partial charge in [-0.25, -0.2) is 0 Å². The number of hydrogen-bond donors (Lipinski definition) is 1. The van der Waals surface area contributed by atoms with Gasteiger partial charge in [-0.1, -0.05) is 23.7 Å². The van der Waals surface area contributed by atoms with Gasteiger partial charge in [-0.2, -0.15) is 26.3 Å². The molecule has 1 fully saturated rings. The van der Waals surface area contributed by atoms with Crippen LogP contribution in [0, 0.1) is 5.92 Å². The zero-order chi connectivity index (χ0) is 21.2. The lowest BCUT2D eigenvalue weighted by Crippen LogP contribution is -2.18. The lowest BCUT2D eigenvalue weighted by atomic mass is 9.89. The molecule has 1 aliphatic rings. The van der Waals surface area contributed by atoms with Crippen molar-refractivity contribution in [1.29, 1.82) is 0 Å². The minimum absolute atomic E-state index is 0. The van der Waals surface area contributed by atoms with Crippen LogP contribution >= 0.6 is 24.0 Å². The van der Waals surface area contributed by atoms with Crippen molar-refractivity contribution in [3.8, 4) is 0 Å². The van der Waals surface area contributed by atoms with E-state index in [4.69, 9.17) is 16.3 Å². The maximum atomic E-state index is 12.9. The van der Waals surface area contributed by atoms with E-state index in [0.29, 0.717) is 30.2 Å². The molecule has 0 saturated carbocycles. The zero-order valence-corrected chi connectivity index (χ0v) is 17.1. The molecule has 2 nitrogen and oxygen atoms in total. The van der Waals surface area contributed by atoms with Crippen molar-refractivity contribution in [1.82, 2.24) is 5.32 Å². The Bertz CT molecular complexity index is 824. The Balaban J connectivity index is 0.00000320. The molecule has 30 heavy (non-hydrogen) atoms. The van der Waals surface area contributed by atoms with Gasteiger partial charge in [0.1, 0.15) is 0 Å². The first-order valence-corrected chi connectivity index (χ1v) is 9.24. The number of alkyl halides is 6. The summed E-state index contributed by atoms with van der Waals surface area (Å²) in [5.41, 5.74) is -1.84. The standard InChI is InChI=1S/C20H18ClF6NO.ClH/c21-17-3-1-2-13(6-17)18-9-28-8-14(18)11-29-10-12-4-15(19(22,23)24)7-16(5-12)20(25,26)27;/h1-7,14,18,28H,8-11H2;1H. The SMILES string of the molecule is Cl.FC(F)(F)c1cc(COCC2CNCC2c2cccc(Cl)c2)cc(C(F)(F)F)c1. The van der Waals surface area contributed by atoms with Crippen LogP contribution in [0.3, 0.4) is 0 Å². The molecule has 10 heteroatoms. The highest BCUT2D eigenvalue weighted by Crippen LogP contribution is 2.36. The smallest absolute Gasteiger partial charge is 0.376 e. The van der Waals surface area contributed by atoms with E-state index in [9.17, 15) is 26.3 Å². The highest BCUT2D eigenvalue weighted by atomic mass is 35.5. The first-order chi connectivity index (χ1) is 13.5. The normalized spacial score (nSPS) is 19.6. The van der Waals surface area contributed by atoms with Crippen molar-refractivity contribution in [3.63, 3.8) is 0 Å². The average Bonchev–Trinajstić information content (AvgIpc) is 3.08. The van der Waals surface area contributed by atoms with Gasteiger partial charge < -0.3 is 10.1 Å². The van der Waals surface area contributed by atoms with Gasteiger partial charge in [0.15, 0.2) is 0 Å². The predicted molar refractivity (Wildman–Crippen MR) is 104 cm³/mol. The van der Waals surface area contributed by atoms with Crippen LogP contribution in [0.4, 0.5) is 26.3 Å². The van der Waals surface area contributed by atoms with Gasteiger partial charge in [-0.15, -0.1) is 12.4 Å². The average molecular weight is 474 g/mol. The van der Waals surface area contributed by atoms with E-state index in [1.54, 1.807) is 6.07 Å². The second-order valence-corrected chi connectivity index (χ2v) is 7.45. The van der Waals surface area contributed by atoms with Crippen LogP contribution < -0.4 is 5.32 Å². The fourth-order valence-electron chi connectivity index (χ4n) is 3.47. The maximum Gasteiger partial charge on any atom is 0.416 e. The molecule has 1 heterocycles. The van der Waals surface area contributed by atoms with Gasteiger partial charge in [0.2, 0.25) is 0 Å². The summed E-state index contributed by atoms with van der Waals surface area (Å²) in [6, 6.07) is 8.85. The molecule has 3 rings (SSSR count). The van der Waals surface area contributed by atoms with E-state index in [2.05, 4.69) is 5.32 Å². The summed E-state index contributed by atoms with van der Waals surface area (Å²) in [6.07, 6.45) is -9.74. The van der Waals surface area contributed by atoms with E-state index in [-0.39, 0.29) is 49.1 Å². The molecule has 2 aromatic carbocycles. The molecular weight excluding hydrogens is 455 g/mol. The fourth-order valence-corrected chi connectivity index (χ4v) is 3.67. The molecule has 1 saturated heterocycles. The first-order valence-electron chi connectivity index (χ1n) is 8.86. The number of rotatable bonds is 5. The molecule has 0 aliphatic carbocycles. The number of halogens is 8. The Morgan fingerprint density at radius 2 is 1.57 bits per heavy atom. The maximum absolute atomic E-state index is 12.9. The van der Waals surface area contributed by atoms with Crippen molar-refractivity contribution in [2.75, 3.05) is 19.7 Å². The monoisotopic (exact) mass is 473 g/mol. The molecule has 2 atom stereocenters. The number of nitrogens with one attached hydrogen (secondary N) is 1. The summed E-state index contributed by atoms with van der Waals surface area (Å²) in [5.74, 6) is 0.127.